The predicted octanol–water partition coefficient (Wildman–Crippen LogP) is 1.75. The number of nitriles is 1. The topological polar surface area (TPSA) is 54.3 Å². The van der Waals surface area contributed by atoms with Crippen LogP contribution < -0.4 is 14.8 Å². The summed E-state index contributed by atoms with van der Waals surface area (Å²) < 4.78 is 10.4. The Morgan fingerprint density at radius 1 is 1.29 bits per heavy atom. The van der Waals surface area contributed by atoms with E-state index in [9.17, 15) is 0 Å². The highest BCUT2D eigenvalue weighted by atomic mass is 16.5. The van der Waals surface area contributed by atoms with Gasteiger partial charge in [-0.2, -0.15) is 5.26 Å². The highest BCUT2D eigenvalue weighted by Crippen LogP contribution is 2.28. The van der Waals surface area contributed by atoms with Crippen molar-refractivity contribution in [3.05, 3.63) is 23.8 Å². The summed E-state index contributed by atoms with van der Waals surface area (Å²) in [6.45, 7) is 1.86. The predicted molar refractivity (Wildman–Crippen MR) is 66.3 cm³/mol. The molecule has 4 heteroatoms. The summed E-state index contributed by atoms with van der Waals surface area (Å²) in [5.74, 6) is 1.38. The largest absolute Gasteiger partial charge is 0.493 e. The number of hydrogen-bond acceptors (Lipinski definition) is 4. The van der Waals surface area contributed by atoms with Crippen molar-refractivity contribution in [2.45, 2.75) is 18.9 Å². The first-order valence-corrected chi connectivity index (χ1v) is 5.39. The molecule has 0 radical (unpaired) electrons. The Morgan fingerprint density at radius 2 is 1.94 bits per heavy atom. The second-order valence-corrected chi connectivity index (χ2v) is 4.06. The first-order chi connectivity index (χ1) is 8.08. The fourth-order valence-corrected chi connectivity index (χ4v) is 1.58. The first kappa shape index (κ1) is 13.3. The van der Waals surface area contributed by atoms with Crippen LogP contribution in [0.15, 0.2) is 18.2 Å². The SMILES string of the molecule is CN[C@@](C)(C#N)Cc1ccc(OC)c(OC)c1. The zero-order valence-electron chi connectivity index (χ0n) is 10.7. The number of ether oxygens (including phenoxy) is 2. The smallest absolute Gasteiger partial charge is 0.160 e. The lowest BCUT2D eigenvalue weighted by Gasteiger charge is -2.21. The molecule has 0 spiro atoms. The summed E-state index contributed by atoms with van der Waals surface area (Å²) in [6, 6.07) is 7.94. The Morgan fingerprint density at radius 3 is 2.41 bits per heavy atom. The van der Waals surface area contributed by atoms with Crippen LogP contribution in [0.25, 0.3) is 0 Å². The first-order valence-electron chi connectivity index (χ1n) is 5.39. The zero-order chi connectivity index (χ0) is 12.9. The van der Waals surface area contributed by atoms with E-state index in [0.717, 1.165) is 5.56 Å². The molecule has 0 fully saturated rings. The van der Waals surface area contributed by atoms with Gasteiger partial charge in [0.2, 0.25) is 0 Å². The Balaban J connectivity index is 2.98. The van der Waals surface area contributed by atoms with Gasteiger partial charge in [0.25, 0.3) is 0 Å². The molecule has 0 saturated carbocycles. The van der Waals surface area contributed by atoms with Gasteiger partial charge in [-0.1, -0.05) is 6.07 Å². The molecule has 1 atom stereocenters. The van der Waals surface area contributed by atoms with Gasteiger partial charge in [0.15, 0.2) is 11.5 Å². The van der Waals surface area contributed by atoms with Crippen LogP contribution in [-0.2, 0) is 6.42 Å². The van der Waals surface area contributed by atoms with Gasteiger partial charge in [0.1, 0.15) is 5.54 Å². The lowest BCUT2D eigenvalue weighted by atomic mass is 9.94. The monoisotopic (exact) mass is 234 g/mol. The summed E-state index contributed by atoms with van der Waals surface area (Å²) in [5.41, 5.74) is 0.459. The van der Waals surface area contributed by atoms with Crippen molar-refractivity contribution in [2.24, 2.45) is 0 Å². The van der Waals surface area contributed by atoms with Crippen molar-refractivity contribution in [3.63, 3.8) is 0 Å². The lowest BCUT2D eigenvalue weighted by molar-refractivity contribution is 0.354. The average molecular weight is 234 g/mol. The standard InChI is InChI=1S/C13H18N2O2/c1-13(9-14,15-2)8-10-5-6-11(16-3)12(7-10)17-4/h5-7,15H,8H2,1-4H3/t13-/m1/s1. The van der Waals surface area contributed by atoms with Crippen molar-refractivity contribution in [2.75, 3.05) is 21.3 Å². The molecule has 0 saturated heterocycles. The third kappa shape index (κ3) is 3.11. The second kappa shape index (κ2) is 5.55. The summed E-state index contributed by atoms with van der Waals surface area (Å²) >= 11 is 0. The van der Waals surface area contributed by atoms with E-state index in [1.807, 2.05) is 25.1 Å². The Hall–Kier alpha value is -1.73. The molecule has 4 nitrogen and oxygen atoms in total. The van der Waals surface area contributed by atoms with Crippen LogP contribution in [0.4, 0.5) is 0 Å². The minimum atomic E-state index is -0.570. The quantitative estimate of drug-likeness (QED) is 0.843. The minimum absolute atomic E-state index is 0.570. The maximum atomic E-state index is 9.11. The van der Waals surface area contributed by atoms with E-state index in [2.05, 4.69) is 11.4 Å². The molecule has 0 unspecified atom stereocenters. The van der Waals surface area contributed by atoms with E-state index in [-0.39, 0.29) is 0 Å². The maximum Gasteiger partial charge on any atom is 0.160 e. The van der Waals surface area contributed by atoms with Gasteiger partial charge < -0.3 is 14.8 Å². The van der Waals surface area contributed by atoms with Crippen LogP contribution in [0.1, 0.15) is 12.5 Å². The maximum absolute atomic E-state index is 9.11. The molecular formula is C13H18N2O2. The summed E-state index contributed by atoms with van der Waals surface area (Å²) in [4.78, 5) is 0. The number of hydrogen-bond donors (Lipinski definition) is 1. The summed E-state index contributed by atoms with van der Waals surface area (Å²) in [7, 11) is 4.98. The van der Waals surface area contributed by atoms with Crippen molar-refractivity contribution >= 4 is 0 Å². The van der Waals surface area contributed by atoms with Crippen molar-refractivity contribution in [3.8, 4) is 17.6 Å². The number of benzene rings is 1. The number of methoxy groups -OCH3 is 2. The van der Waals surface area contributed by atoms with Crippen molar-refractivity contribution < 1.29 is 9.47 Å². The zero-order valence-corrected chi connectivity index (χ0v) is 10.7. The molecule has 0 aliphatic carbocycles. The minimum Gasteiger partial charge on any atom is -0.493 e. The van der Waals surface area contributed by atoms with Gasteiger partial charge in [-0.15, -0.1) is 0 Å². The van der Waals surface area contributed by atoms with E-state index < -0.39 is 5.54 Å². The fraction of sp³-hybridized carbons (Fsp3) is 0.462. The van der Waals surface area contributed by atoms with Crippen LogP contribution in [0.5, 0.6) is 11.5 Å². The summed E-state index contributed by atoms with van der Waals surface area (Å²) in [6.07, 6.45) is 0.611. The molecule has 1 aromatic carbocycles. The number of nitrogens with zero attached hydrogens (tertiary/aromatic N) is 1. The average Bonchev–Trinajstić information content (AvgIpc) is 2.38. The molecule has 1 N–H and O–H groups in total. The second-order valence-electron chi connectivity index (χ2n) is 4.06. The molecule has 0 amide bonds. The van der Waals surface area contributed by atoms with E-state index in [0.29, 0.717) is 17.9 Å². The summed E-state index contributed by atoms with van der Waals surface area (Å²) in [5, 5.41) is 12.1. The Kier molecular flexibility index (Phi) is 4.36. The molecule has 0 aliphatic rings. The third-order valence-electron chi connectivity index (χ3n) is 2.80. The highest BCUT2D eigenvalue weighted by Gasteiger charge is 2.22. The Labute approximate surface area is 102 Å². The van der Waals surface area contributed by atoms with Gasteiger partial charge >= 0.3 is 0 Å². The third-order valence-corrected chi connectivity index (χ3v) is 2.80. The van der Waals surface area contributed by atoms with Gasteiger partial charge in [0.05, 0.1) is 20.3 Å². The van der Waals surface area contributed by atoms with Crippen LogP contribution in [0, 0.1) is 11.3 Å². The van der Waals surface area contributed by atoms with Crippen LogP contribution in [0.2, 0.25) is 0 Å². The van der Waals surface area contributed by atoms with Gasteiger partial charge in [-0.3, -0.25) is 0 Å². The molecule has 17 heavy (non-hydrogen) atoms. The fourth-order valence-electron chi connectivity index (χ4n) is 1.58. The molecule has 0 aromatic heterocycles. The Bertz CT molecular complexity index is 426. The molecule has 1 aromatic rings. The van der Waals surface area contributed by atoms with Crippen LogP contribution in [-0.4, -0.2) is 26.8 Å². The molecular weight excluding hydrogens is 216 g/mol. The van der Waals surface area contributed by atoms with E-state index in [1.165, 1.54) is 0 Å². The molecule has 0 bridgehead atoms. The number of nitrogens with one attached hydrogen (secondary N) is 1. The highest BCUT2D eigenvalue weighted by molar-refractivity contribution is 5.43. The van der Waals surface area contributed by atoms with Crippen molar-refractivity contribution in [1.29, 1.82) is 5.26 Å². The molecule has 92 valence electrons. The normalized spacial score (nSPS) is 13.6. The molecule has 0 aliphatic heterocycles. The van der Waals surface area contributed by atoms with Gasteiger partial charge in [-0.25, -0.2) is 0 Å². The lowest BCUT2D eigenvalue weighted by Crippen LogP contribution is -2.40. The van der Waals surface area contributed by atoms with Crippen molar-refractivity contribution in [1.82, 2.24) is 5.32 Å². The van der Waals surface area contributed by atoms with Crippen LogP contribution >= 0.6 is 0 Å². The molecule has 0 heterocycles. The van der Waals surface area contributed by atoms with E-state index in [4.69, 9.17) is 14.7 Å². The molecule has 1 rings (SSSR count). The number of rotatable bonds is 5. The van der Waals surface area contributed by atoms with Gasteiger partial charge in [0, 0.05) is 6.42 Å². The van der Waals surface area contributed by atoms with Gasteiger partial charge in [-0.05, 0) is 31.7 Å². The van der Waals surface area contributed by atoms with E-state index in [1.54, 1.807) is 21.3 Å². The van der Waals surface area contributed by atoms with Crippen LogP contribution in [0.3, 0.4) is 0 Å². The number of likely N-dealkylation sites (N-methyl/N-ethyl adjacent to an activating group) is 1. The van der Waals surface area contributed by atoms with E-state index >= 15 is 0 Å².